The second-order valence-electron chi connectivity index (χ2n) is 5.80. The number of nitrogens with one attached hydrogen (secondary N) is 1. The molecule has 26 heavy (non-hydrogen) atoms. The summed E-state index contributed by atoms with van der Waals surface area (Å²) in [6.07, 6.45) is 0.443. The number of carbonyl (C=O) groups is 1. The highest BCUT2D eigenvalue weighted by atomic mass is 32.2. The first-order valence-electron chi connectivity index (χ1n) is 8.12. The molecule has 0 aliphatic carbocycles. The zero-order chi connectivity index (χ0) is 18.5. The number of hydrogen-bond acceptors (Lipinski definition) is 6. The number of benzene rings is 2. The third kappa shape index (κ3) is 4.69. The molecule has 5 nitrogen and oxygen atoms in total. The molecule has 0 spiro atoms. The minimum atomic E-state index is -0.844. The van der Waals surface area contributed by atoms with Gasteiger partial charge in [0.2, 0.25) is 0 Å². The zero-order valence-corrected chi connectivity index (χ0v) is 16.1. The molecule has 2 aromatic carbocycles. The average molecular weight is 386 g/mol. The molecule has 0 fully saturated rings. The Hall–Kier alpha value is -2.22. The van der Waals surface area contributed by atoms with E-state index >= 15 is 0 Å². The molecule has 0 saturated carbocycles. The maximum Gasteiger partial charge on any atom is 0.321 e. The Morgan fingerprint density at radius 2 is 1.92 bits per heavy atom. The van der Waals surface area contributed by atoms with Crippen LogP contribution in [0.2, 0.25) is 0 Å². The molecule has 1 heterocycles. The van der Waals surface area contributed by atoms with E-state index < -0.39 is 12.0 Å². The number of likely N-dealkylation sites (N-methyl/N-ethyl adjacent to an activating group) is 1. The smallest absolute Gasteiger partial charge is 0.321 e. The van der Waals surface area contributed by atoms with E-state index in [2.05, 4.69) is 33.7 Å². The van der Waals surface area contributed by atoms with E-state index in [4.69, 9.17) is 0 Å². The molecule has 0 saturated heterocycles. The molecule has 134 valence electrons. The molecule has 0 radical (unpaired) electrons. The van der Waals surface area contributed by atoms with Gasteiger partial charge in [-0.2, -0.15) is 0 Å². The highest BCUT2D eigenvalue weighted by Gasteiger charge is 2.15. The molecule has 0 amide bonds. The van der Waals surface area contributed by atoms with Crippen LogP contribution in [0.3, 0.4) is 0 Å². The molecule has 0 aliphatic heterocycles. The number of carboxylic acid groups (broad SMARTS) is 1. The van der Waals surface area contributed by atoms with Crippen molar-refractivity contribution in [2.75, 3.05) is 7.05 Å². The standard InChI is InChI=1S/C19H19N3O2S2/c1-12-21-22-19(25-12)26-16-8-4-7-15(11-16)14-6-3-5-13(9-14)10-17(20-2)18(23)24/h3-9,11,17,20H,10H2,1-2H3,(H,23,24). The average Bonchev–Trinajstić information content (AvgIpc) is 3.04. The largest absolute Gasteiger partial charge is 0.480 e. The van der Waals surface area contributed by atoms with Gasteiger partial charge in [0.1, 0.15) is 11.0 Å². The third-order valence-electron chi connectivity index (χ3n) is 3.89. The Balaban J connectivity index is 1.81. The Bertz CT molecular complexity index is 911. The van der Waals surface area contributed by atoms with Gasteiger partial charge >= 0.3 is 5.97 Å². The van der Waals surface area contributed by atoms with Crippen molar-refractivity contribution < 1.29 is 9.90 Å². The van der Waals surface area contributed by atoms with Gasteiger partial charge in [0.25, 0.3) is 0 Å². The van der Waals surface area contributed by atoms with Crippen LogP contribution in [0.5, 0.6) is 0 Å². The fourth-order valence-corrected chi connectivity index (χ4v) is 4.43. The minimum Gasteiger partial charge on any atom is -0.480 e. The lowest BCUT2D eigenvalue weighted by atomic mass is 9.99. The lowest BCUT2D eigenvalue weighted by Crippen LogP contribution is -2.35. The van der Waals surface area contributed by atoms with E-state index in [9.17, 15) is 9.90 Å². The van der Waals surface area contributed by atoms with Crippen LogP contribution >= 0.6 is 23.1 Å². The number of rotatable bonds is 7. The van der Waals surface area contributed by atoms with Gasteiger partial charge < -0.3 is 10.4 Å². The van der Waals surface area contributed by atoms with Crippen molar-refractivity contribution in [3.63, 3.8) is 0 Å². The van der Waals surface area contributed by atoms with Crippen molar-refractivity contribution in [2.24, 2.45) is 0 Å². The Morgan fingerprint density at radius 3 is 2.58 bits per heavy atom. The summed E-state index contributed by atoms with van der Waals surface area (Å²) < 4.78 is 0.923. The van der Waals surface area contributed by atoms with Crippen LogP contribution in [0.15, 0.2) is 57.8 Å². The van der Waals surface area contributed by atoms with Gasteiger partial charge in [0, 0.05) is 4.90 Å². The summed E-state index contributed by atoms with van der Waals surface area (Å²) in [6, 6.07) is 15.7. The number of carboxylic acids is 1. The van der Waals surface area contributed by atoms with E-state index in [1.165, 1.54) is 0 Å². The fraction of sp³-hybridized carbons (Fsp3) is 0.211. The van der Waals surface area contributed by atoms with Crippen LogP contribution in [0.4, 0.5) is 0 Å². The van der Waals surface area contributed by atoms with Gasteiger partial charge in [-0.25, -0.2) is 0 Å². The van der Waals surface area contributed by atoms with Gasteiger partial charge in [-0.1, -0.05) is 59.5 Å². The Labute approximate surface area is 160 Å². The van der Waals surface area contributed by atoms with Crippen molar-refractivity contribution in [1.82, 2.24) is 15.5 Å². The maximum atomic E-state index is 11.2. The van der Waals surface area contributed by atoms with Crippen LogP contribution in [0, 0.1) is 6.92 Å². The predicted molar refractivity (Wildman–Crippen MR) is 105 cm³/mol. The highest BCUT2D eigenvalue weighted by Crippen LogP contribution is 2.32. The molecule has 3 rings (SSSR count). The summed E-state index contributed by atoms with van der Waals surface area (Å²) in [5, 5.41) is 21.2. The highest BCUT2D eigenvalue weighted by molar-refractivity contribution is 8.01. The van der Waals surface area contributed by atoms with Gasteiger partial charge in [-0.3, -0.25) is 4.79 Å². The van der Waals surface area contributed by atoms with Crippen LogP contribution in [0.25, 0.3) is 11.1 Å². The molecule has 1 atom stereocenters. The number of hydrogen-bond donors (Lipinski definition) is 2. The summed E-state index contributed by atoms with van der Waals surface area (Å²) >= 11 is 3.17. The molecule has 3 aromatic rings. The van der Waals surface area contributed by atoms with Crippen LogP contribution in [0.1, 0.15) is 10.6 Å². The SMILES string of the molecule is CNC(Cc1cccc(-c2cccc(Sc3nnc(C)s3)c2)c1)C(=O)O. The lowest BCUT2D eigenvalue weighted by Gasteiger charge is -2.12. The third-order valence-corrected chi connectivity index (χ3v) is 5.77. The quantitative estimate of drug-likeness (QED) is 0.643. The topological polar surface area (TPSA) is 75.1 Å². The molecule has 1 unspecified atom stereocenters. The van der Waals surface area contributed by atoms with Gasteiger partial charge in [-0.05, 0) is 49.2 Å². The van der Waals surface area contributed by atoms with Crippen LogP contribution in [-0.2, 0) is 11.2 Å². The molecule has 2 N–H and O–H groups in total. The van der Waals surface area contributed by atoms with Gasteiger partial charge in [-0.15, -0.1) is 10.2 Å². The zero-order valence-electron chi connectivity index (χ0n) is 14.5. The Kier molecular flexibility index (Phi) is 6.03. The van der Waals surface area contributed by atoms with E-state index in [1.807, 2.05) is 37.3 Å². The molecule has 7 heteroatoms. The monoisotopic (exact) mass is 385 g/mol. The van der Waals surface area contributed by atoms with Crippen LogP contribution in [-0.4, -0.2) is 34.4 Å². The predicted octanol–water partition coefficient (Wildman–Crippen LogP) is 3.88. The van der Waals surface area contributed by atoms with Crippen molar-refractivity contribution >= 4 is 29.1 Å². The first-order chi connectivity index (χ1) is 12.5. The van der Waals surface area contributed by atoms with Crippen molar-refractivity contribution in [3.05, 3.63) is 59.1 Å². The van der Waals surface area contributed by atoms with E-state index in [1.54, 1.807) is 30.1 Å². The Morgan fingerprint density at radius 1 is 1.19 bits per heavy atom. The van der Waals surface area contributed by atoms with E-state index in [0.29, 0.717) is 6.42 Å². The van der Waals surface area contributed by atoms with E-state index in [-0.39, 0.29) is 0 Å². The first-order valence-corrected chi connectivity index (χ1v) is 9.76. The molecule has 0 bridgehead atoms. The molecular weight excluding hydrogens is 366 g/mol. The van der Waals surface area contributed by atoms with E-state index in [0.717, 1.165) is 30.9 Å². The normalized spacial score (nSPS) is 12.1. The fourth-order valence-electron chi connectivity index (χ4n) is 2.59. The number of nitrogens with zero attached hydrogens (tertiary/aromatic N) is 2. The van der Waals surface area contributed by atoms with Gasteiger partial charge in [0.15, 0.2) is 4.34 Å². The first kappa shape index (κ1) is 18.6. The minimum absolute atomic E-state index is 0.443. The van der Waals surface area contributed by atoms with Crippen molar-refractivity contribution in [1.29, 1.82) is 0 Å². The summed E-state index contributed by atoms with van der Waals surface area (Å²) in [6.45, 7) is 1.94. The number of aryl methyl sites for hydroxylation is 1. The summed E-state index contributed by atoms with van der Waals surface area (Å²) in [7, 11) is 1.67. The van der Waals surface area contributed by atoms with Crippen molar-refractivity contribution in [2.45, 2.75) is 28.6 Å². The molecular formula is C19H19N3O2S2. The molecule has 0 aliphatic rings. The molecule has 1 aromatic heterocycles. The number of aliphatic carboxylic acids is 1. The summed E-state index contributed by atoms with van der Waals surface area (Å²) in [4.78, 5) is 12.3. The summed E-state index contributed by atoms with van der Waals surface area (Å²) in [5.41, 5.74) is 3.15. The lowest BCUT2D eigenvalue weighted by molar-refractivity contribution is -0.139. The van der Waals surface area contributed by atoms with Gasteiger partial charge in [0.05, 0.1) is 0 Å². The second kappa shape index (κ2) is 8.44. The number of aromatic nitrogens is 2. The summed E-state index contributed by atoms with van der Waals surface area (Å²) in [5.74, 6) is -0.844. The maximum absolute atomic E-state index is 11.2. The van der Waals surface area contributed by atoms with Crippen molar-refractivity contribution in [3.8, 4) is 11.1 Å². The second-order valence-corrected chi connectivity index (χ2v) is 8.30. The van der Waals surface area contributed by atoms with Crippen LogP contribution < -0.4 is 5.32 Å².